The van der Waals surface area contributed by atoms with Crippen molar-refractivity contribution in [2.45, 2.75) is 19.1 Å². The zero-order valence-corrected chi connectivity index (χ0v) is 19.9. The van der Waals surface area contributed by atoms with E-state index in [0.29, 0.717) is 21.9 Å². The molecule has 0 fully saturated rings. The van der Waals surface area contributed by atoms with Gasteiger partial charge in [-0.05, 0) is 48.4 Å². The second-order valence-corrected chi connectivity index (χ2v) is 8.91. The topological polar surface area (TPSA) is 104 Å². The summed E-state index contributed by atoms with van der Waals surface area (Å²) < 4.78 is 48.2. The molecule has 13 heteroatoms. The molecule has 0 saturated heterocycles. The summed E-state index contributed by atoms with van der Waals surface area (Å²) in [7, 11) is 0. The number of hydrogen-bond acceptors (Lipinski definition) is 7. The van der Waals surface area contributed by atoms with Gasteiger partial charge in [0.25, 0.3) is 11.2 Å². The van der Waals surface area contributed by atoms with Crippen LogP contribution < -0.4 is 14.9 Å². The monoisotopic (exact) mass is 537 g/mol. The zero-order chi connectivity index (χ0) is 26.2. The van der Waals surface area contributed by atoms with E-state index < -0.39 is 39.9 Å². The minimum atomic E-state index is -5.01. The molecule has 0 N–H and O–H groups in total. The number of allylic oxidation sites excluding steroid dienone is 1. The number of rotatable bonds is 5. The van der Waals surface area contributed by atoms with Crippen LogP contribution in [0.4, 0.5) is 18.9 Å². The van der Waals surface area contributed by atoms with Gasteiger partial charge in [0, 0.05) is 17.2 Å². The van der Waals surface area contributed by atoms with Crippen molar-refractivity contribution in [3.63, 3.8) is 0 Å². The number of thiazole rings is 1. The number of nitro benzene ring substituents is 1. The molecule has 186 valence electrons. The van der Waals surface area contributed by atoms with Crippen molar-refractivity contribution < 1.29 is 27.6 Å². The van der Waals surface area contributed by atoms with Gasteiger partial charge in [0.2, 0.25) is 0 Å². The highest BCUT2D eigenvalue weighted by Gasteiger charge is 2.45. The molecule has 0 amide bonds. The van der Waals surface area contributed by atoms with Crippen molar-refractivity contribution in [2.24, 2.45) is 4.99 Å². The minimum Gasteiger partial charge on any atom is -0.463 e. The molecule has 1 atom stereocenters. The number of fused-ring (bicyclic) bond motifs is 1. The Morgan fingerprint density at radius 2 is 1.86 bits per heavy atom. The maximum Gasteiger partial charge on any atom is 0.434 e. The number of halogens is 4. The predicted octanol–water partition coefficient (Wildman–Crippen LogP) is 3.90. The van der Waals surface area contributed by atoms with E-state index in [1.165, 1.54) is 61.5 Å². The molecule has 1 aliphatic heterocycles. The number of carbonyl (C=O) groups is 1. The Hall–Kier alpha value is -3.77. The molecule has 8 nitrogen and oxygen atoms in total. The van der Waals surface area contributed by atoms with Crippen molar-refractivity contribution in [1.29, 1.82) is 0 Å². The van der Waals surface area contributed by atoms with Crippen molar-refractivity contribution in [1.82, 2.24) is 4.57 Å². The number of benzene rings is 2. The quantitative estimate of drug-likeness (QED) is 0.279. The summed E-state index contributed by atoms with van der Waals surface area (Å²) in [6.07, 6.45) is -3.63. The highest BCUT2D eigenvalue weighted by atomic mass is 35.5. The molecule has 0 saturated carbocycles. The van der Waals surface area contributed by atoms with Crippen LogP contribution in [0.2, 0.25) is 5.02 Å². The first-order valence-corrected chi connectivity index (χ1v) is 11.5. The van der Waals surface area contributed by atoms with Gasteiger partial charge in [-0.3, -0.25) is 19.5 Å². The molecule has 0 spiro atoms. The number of alkyl halides is 3. The van der Waals surface area contributed by atoms with Gasteiger partial charge in [0.15, 0.2) is 10.5 Å². The third kappa shape index (κ3) is 4.82. The fraction of sp³-hybridized carbons (Fsp3) is 0.174. The third-order valence-corrected chi connectivity index (χ3v) is 6.42. The fourth-order valence-corrected chi connectivity index (χ4v) is 4.77. The zero-order valence-electron chi connectivity index (χ0n) is 18.3. The lowest BCUT2D eigenvalue weighted by Gasteiger charge is -2.26. The Morgan fingerprint density at radius 1 is 1.22 bits per heavy atom. The number of hydrogen-bond donors (Lipinski definition) is 0. The van der Waals surface area contributed by atoms with Crippen LogP contribution >= 0.6 is 22.9 Å². The molecular formula is C23H15ClF3N3O5S. The Kier molecular flexibility index (Phi) is 6.83. The summed E-state index contributed by atoms with van der Waals surface area (Å²) in [5, 5.41) is 11.2. The molecule has 0 unspecified atom stereocenters. The lowest BCUT2D eigenvalue weighted by molar-refractivity contribution is -0.384. The standard InChI is InChI=1S/C23H15ClF3N3O5S/c1-2-35-21(32)17-18(13-5-7-14(24)8-6-13)29-20(31)16(36-22(29)28-19(17)23(25,26)27)11-12-3-9-15(10-4-12)30(33)34/h3-11,18H,2H2,1H3/b16-11-/t18-/m1/s1. The highest BCUT2D eigenvalue weighted by molar-refractivity contribution is 7.07. The molecule has 4 rings (SSSR count). The summed E-state index contributed by atoms with van der Waals surface area (Å²) in [5.41, 5.74) is -2.52. The van der Waals surface area contributed by atoms with E-state index in [1.54, 1.807) is 0 Å². The molecule has 2 heterocycles. The highest BCUT2D eigenvalue weighted by Crippen LogP contribution is 2.38. The summed E-state index contributed by atoms with van der Waals surface area (Å²) >= 11 is 6.64. The number of ether oxygens (including phenoxy) is 1. The van der Waals surface area contributed by atoms with Gasteiger partial charge >= 0.3 is 12.1 Å². The maximum absolute atomic E-state index is 14.1. The van der Waals surface area contributed by atoms with E-state index in [2.05, 4.69) is 4.99 Å². The molecule has 3 aromatic rings. The Bertz CT molecular complexity index is 1560. The van der Waals surface area contributed by atoms with Crippen LogP contribution in [-0.4, -0.2) is 28.2 Å². The van der Waals surface area contributed by atoms with Crippen LogP contribution in [0.15, 0.2) is 69.6 Å². The smallest absolute Gasteiger partial charge is 0.434 e. The van der Waals surface area contributed by atoms with Crippen molar-refractivity contribution >= 4 is 40.7 Å². The molecule has 2 aromatic carbocycles. The first kappa shape index (κ1) is 25.3. The van der Waals surface area contributed by atoms with E-state index in [9.17, 15) is 32.9 Å². The molecule has 1 aromatic heterocycles. The van der Waals surface area contributed by atoms with Gasteiger partial charge in [-0.2, -0.15) is 13.2 Å². The molecule has 1 aliphatic rings. The van der Waals surface area contributed by atoms with Crippen LogP contribution in [-0.2, 0) is 9.53 Å². The minimum absolute atomic E-state index is 0.0215. The van der Waals surface area contributed by atoms with E-state index >= 15 is 0 Å². The van der Waals surface area contributed by atoms with Crippen LogP contribution in [0.3, 0.4) is 0 Å². The average molecular weight is 538 g/mol. The first-order chi connectivity index (χ1) is 17.0. The SMILES string of the molecule is CCOC(=O)C1=C(C(F)(F)F)N=c2s/c(=C\c3ccc([N+](=O)[O-])cc3)c(=O)n2[C@@H]1c1ccc(Cl)cc1. The van der Waals surface area contributed by atoms with Crippen LogP contribution in [0.1, 0.15) is 24.1 Å². The number of esters is 1. The molecule has 0 radical (unpaired) electrons. The normalized spacial score (nSPS) is 15.9. The maximum atomic E-state index is 14.1. The third-order valence-electron chi connectivity index (χ3n) is 5.18. The van der Waals surface area contributed by atoms with Gasteiger partial charge in [-0.25, -0.2) is 9.79 Å². The average Bonchev–Trinajstić information content (AvgIpc) is 3.13. The first-order valence-electron chi connectivity index (χ1n) is 10.3. The molecule has 0 bridgehead atoms. The Labute approximate surface area is 209 Å². The lowest BCUT2D eigenvalue weighted by Crippen LogP contribution is -2.41. The van der Waals surface area contributed by atoms with Gasteiger partial charge < -0.3 is 4.74 Å². The summed E-state index contributed by atoms with van der Waals surface area (Å²) in [5.74, 6) is -1.25. The Morgan fingerprint density at radius 3 is 2.42 bits per heavy atom. The van der Waals surface area contributed by atoms with Crippen LogP contribution in [0.5, 0.6) is 0 Å². The van der Waals surface area contributed by atoms with Crippen LogP contribution in [0.25, 0.3) is 6.08 Å². The van der Waals surface area contributed by atoms with Crippen molar-refractivity contribution in [3.05, 3.63) is 106 Å². The summed E-state index contributed by atoms with van der Waals surface area (Å²) in [4.78, 5) is 39.9. The second kappa shape index (κ2) is 9.70. The largest absolute Gasteiger partial charge is 0.463 e. The van der Waals surface area contributed by atoms with E-state index in [0.717, 1.165) is 4.57 Å². The van der Waals surface area contributed by atoms with Crippen molar-refractivity contribution in [3.8, 4) is 0 Å². The predicted molar refractivity (Wildman–Crippen MR) is 125 cm³/mol. The van der Waals surface area contributed by atoms with Gasteiger partial charge in [0.1, 0.15) is 0 Å². The summed E-state index contributed by atoms with van der Waals surface area (Å²) in [6.45, 7) is 1.26. The number of aromatic nitrogens is 1. The van der Waals surface area contributed by atoms with E-state index in [4.69, 9.17) is 16.3 Å². The number of nitrogens with zero attached hydrogens (tertiary/aromatic N) is 3. The number of non-ortho nitro benzene ring substituents is 1. The number of nitro groups is 1. The van der Waals surface area contributed by atoms with Gasteiger partial charge in [-0.15, -0.1) is 0 Å². The summed E-state index contributed by atoms with van der Waals surface area (Å²) in [6, 6.07) is 9.49. The number of carbonyl (C=O) groups excluding carboxylic acids is 1. The lowest BCUT2D eigenvalue weighted by atomic mass is 9.95. The Balaban J connectivity index is 2.00. The molecular weight excluding hydrogens is 523 g/mol. The van der Waals surface area contributed by atoms with E-state index in [1.807, 2.05) is 0 Å². The fourth-order valence-electron chi connectivity index (χ4n) is 3.64. The second-order valence-electron chi connectivity index (χ2n) is 7.46. The molecule has 36 heavy (non-hydrogen) atoms. The van der Waals surface area contributed by atoms with Crippen LogP contribution in [0, 0.1) is 10.1 Å². The molecule has 0 aliphatic carbocycles. The van der Waals surface area contributed by atoms with Crippen molar-refractivity contribution in [2.75, 3.05) is 6.61 Å². The van der Waals surface area contributed by atoms with E-state index in [-0.39, 0.29) is 27.2 Å². The van der Waals surface area contributed by atoms with Gasteiger partial charge in [0.05, 0.1) is 27.7 Å². The van der Waals surface area contributed by atoms with Gasteiger partial charge in [-0.1, -0.05) is 35.1 Å².